The van der Waals surface area contributed by atoms with Crippen LogP contribution in [0.4, 0.5) is 0 Å². The van der Waals surface area contributed by atoms with Gasteiger partial charge in [-0.15, -0.1) is 0 Å². The minimum absolute atomic E-state index is 0.398. The lowest BCUT2D eigenvalue weighted by molar-refractivity contribution is 0.371. The van der Waals surface area contributed by atoms with E-state index < -0.39 is 0 Å². The zero-order valence-electron chi connectivity index (χ0n) is 7.05. The molecule has 58 valence electrons. The Balaban J connectivity index is 2.51. The van der Waals surface area contributed by atoms with Crippen molar-refractivity contribution >= 4 is 0 Å². The first-order valence-electron chi connectivity index (χ1n) is 3.39. The number of rotatable bonds is 2. The van der Waals surface area contributed by atoms with Crippen molar-refractivity contribution in [3.05, 3.63) is 11.4 Å². The summed E-state index contributed by atoms with van der Waals surface area (Å²) in [6, 6.07) is 0.398. The predicted molar refractivity (Wildman–Crippen MR) is 42.4 cm³/mol. The van der Waals surface area contributed by atoms with Crippen LogP contribution in [0.25, 0.3) is 0 Å². The number of hydrogen-bond acceptors (Lipinski definition) is 3. The van der Waals surface area contributed by atoms with Gasteiger partial charge in [0.2, 0.25) is 0 Å². The van der Waals surface area contributed by atoms with Gasteiger partial charge in [-0.1, -0.05) is 0 Å². The second kappa shape index (κ2) is 2.16. The molecule has 2 N–H and O–H groups in total. The van der Waals surface area contributed by atoms with Crippen LogP contribution in [0, 0.1) is 0 Å². The van der Waals surface area contributed by atoms with Crippen molar-refractivity contribution in [2.45, 2.75) is 6.04 Å². The predicted octanol–water partition coefficient (Wildman–Crippen LogP) is -0.338. The number of nitrogens with two attached hydrogens (primary N) is 1. The highest BCUT2D eigenvalue weighted by molar-refractivity contribution is 5.42. The summed E-state index contributed by atoms with van der Waals surface area (Å²) in [5.41, 5.74) is 7.97. The Kier molecular flexibility index (Phi) is 1.60. The van der Waals surface area contributed by atoms with Gasteiger partial charge in [0.1, 0.15) is 0 Å². The van der Waals surface area contributed by atoms with Crippen LogP contribution >= 0.6 is 0 Å². The summed E-state index contributed by atoms with van der Waals surface area (Å²) in [4.78, 5) is 4.19. The molecule has 0 bridgehead atoms. The molecule has 1 aliphatic rings. The van der Waals surface area contributed by atoms with E-state index in [0.717, 1.165) is 5.70 Å². The SMILES string of the molecule is CN(C)C1=C(N)C1N(C)C. The van der Waals surface area contributed by atoms with Gasteiger partial charge in [-0.25, -0.2) is 0 Å². The topological polar surface area (TPSA) is 32.5 Å². The fourth-order valence-corrected chi connectivity index (χ4v) is 1.24. The van der Waals surface area contributed by atoms with E-state index in [-0.39, 0.29) is 0 Å². The minimum atomic E-state index is 0.398. The number of hydrogen-bond donors (Lipinski definition) is 1. The normalized spacial score (nSPS) is 23.9. The summed E-state index contributed by atoms with van der Waals surface area (Å²) in [5.74, 6) is 0. The van der Waals surface area contributed by atoms with E-state index in [1.165, 1.54) is 5.70 Å². The van der Waals surface area contributed by atoms with Crippen molar-refractivity contribution in [3.8, 4) is 0 Å². The van der Waals surface area contributed by atoms with E-state index in [1.54, 1.807) is 0 Å². The Morgan fingerprint density at radius 2 is 1.70 bits per heavy atom. The Morgan fingerprint density at radius 3 is 1.80 bits per heavy atom. The molecular formula is C7H15N3. The molecule has 1 atom stereocenters. The first-order valence-corrected chi connectivity index (χ1v) is 3.39. The van der Waals surface area contributed by atoms with Crippen LogP contribution in [0.3, 0.4) is 0 Å². The lowest BCUT2D eigenvalue weighted by Gasteiger charge is -2.13. The summed E-state index contributed by atoms with van der Waals surface area (Å²) < 4.78 is 0. The van der Waals surface area contributed by atoms with Gasteiger partial charge in [-0.2, -0.15) is 0 Å². The minimum Gasteiger partial charge on any atom is -0.399 e. The van der Waals surface area contributed by atoms with Gasteiger partial charge in [0.15, 0.2) is 0 Å². The van der Waals surface area contributed by atoms with Gasteiger partial charge in [-0.05, 0) is 14.1 Å². The van der Waals surface area contributed by atoms with Crippen LogP contribution < -0.4 is 5.73 Å². The molecule has 1 rings (SSSR count). The van der Waals surface area contributed by atoms with Crippen molar-refractivity contribution in [3.63, 3.8) is 0 Å². The van der Waals surface area contributed by atoms with Gasteiger partial charge >= 0.3 is 0 Å². The maximum atomic E-state index is 5.71. The molecule has 0 aromatic carbocycles. The molecule has 1 unspecified atom stereocenters. The molecule has 0 amide bonds. The highest BCUT2D eigenvalue weighted by Gasteiger charge is 2.37. The molecule has 0 saturated heterocycles. The zero-order chi connectivity index (χ0) is 7.89. The van der Waals surface area contributed by atoms with E-state index in [1.807, 2.05) is 28.2 Å². The third kappa shape index (κ3) is 0.968. The van der Waals surface area contributed by atoms with Gasteiger partial charge < -0.3 is 10.6 Å². The molecule has 3 heteroatoms. The Labute approximate surface area is 62.1 Å². The van der Waals surface area contributed by atoms with E-state index in [2.05, 4.69) is 9.80 Å². The van der Waals surface area contributed by atoms with Crippen LogP contribution in [0.1, 0.15) is 0 Å². The zero-order valence-corrected chi connectivity index (χ0v) is 7.05. The van der Waals surface area contributed by atoms with Crippen molar-refractivity contribution < 1.29 is 0 Å². The highest BCUT2D eigenvalue weighted by Crippen LogP contribution is 2.31. The number of nitrogens with zero attached hydrogens (tertiary/aromatic N) is 2. The molecule has 0 spiro atoms. The first kappa shape index (κ1) is 7.41. The van der Waals surface area contributed by atoms with E-state index in [9.17, 15) is 0 Å². The van der Waals surface area contributed by atoms with Crippen LogP contribution in [0.5, 0.6) is 0 Å². The molecule has 3 nitrogen and oxygen atoms in total. The largest absolute Gasteiger partial charge is 0.399 e. The molecule has 0 fully saturated rings. The lowest BCUT2D eigenvalue weighted by Crippen LogP contribution is -2.23. The summed E-state index contributed by atoms with van der Waals surface area (Å²) in [5, 5.41) is 0. The quantitative estimate of drug-likeness (QED) is 0.571. The molecule has 0 heterocycles. The van der Waals surface area contributed by atoms with Crippen LogP contribution in [-0.2, 0) is 0 Å². The third-order valence-electron chi connectivity index (χ3n) is 1.76. The van der Waals surface area contributed by atoms with Gasteiger partial charge in [0.25, 0.3) is 0 Å². The van der Waals surface area contributed by atoms with Crippen molar-refractivity contribution in [1.29, 1.82) is 0 Å². The fraction of sp³-hybridized carbons (Fsp3) is 0.714. The van der Waals surface area contributed by atoms with E-state index in [4.69, 9.17) is 5.73 Å². The van der Waals surface area contributed by atoms with Crippen LogP contribution in [-0.4, -0.2) is 44.0 Å². The van der Waals surface area contributed by atoms with Crippen LogP contribution in [0.15, 0.2) is 11.4 Å². The summed E-state index contributed by atoms with van der Waals surface area (Å²) in [7, 11) is 8.11. The second-order valence-electron chi connectivity index (χ2n) is 3.10. The van der Waals surface area contributed by atoms with Crippen molar-refractivity contribution in [1.82, 2.24) is 9.80 Å². The van der Waals surface area contributed by atoms with Crippen LogP contribution in [0.2, 0.25) is 0 Å². The van der Waals surface area contributed by atoms with E-state index >= 15 is 0 Å². The monoisotopic (exact) mass is 141 g/mol. The average molecular weight is 141 g/mol. The summed E-state index contributed by atoms with van der Waals surface area (Å²) >= 11 is 0. The lowest BCUT2D eigenvalue weighted by atomic mass is 10.5. The fourth-order valence-electron chi connectivity index (χ4n) is 1.24. The maximum Gasteiger partial charge on any atom is 0.0930 e. The molecule has 0 saturated carbocycles. The molecule has 10 heavy (non-hydrogen) atoms. The Morgan fingerprint density at radius 1 is 1.20 bits per heavy atom. The molecule has 0 aromatic heterocycles. The maximum absolute atomic E-state index is 5.71. The van der Waals surface area contributed by atoms with Gasteiger partial charge in [0, 0.05) is 14.1 Å². The first-order chi connectivity index (χ1) is 4.55. The van der Waals surface area contributed by atoms with Gasteiger partial charge in [-0.3, -0.25) is 4.90 Å². The molecule has 0 aliphatic heterocycles. The molecule has 0 aromatic rings. The van der Waals surface area contributed by atoms with Crippen molar-refractivity contribution in [2.75, 3.05) is 28.2 Å². The third-order valence-corrected chi connectivity index (χ3v) is 1.76. The molecule has 1 aliphatic carbocycles. The van der Waals surface area contributed by atoms with E-state index in [0.29, 0.717) is 6.04 Å². The standard InChI is InChI=1S/C7H15N3/c1-9(2)6-5(8)7(6)10(3)4/h6H,8H2,1-4H3. The Bertz CT molecular complexity index is 170. The Hall–Kier alpha value is -0.700. The molecular weight excluding hydrogens is 126 g/mol. The summed E-state index contributed by atoms with van der Waals surface area (Å²) in [6.45, 7) is 0. The second-order valence-corrected chi connectivity index (χ2v) is 3.10. The van der Waals surface area contributed by atoms with Crippen molar-refractivity contribution in [2.24, 2.45) is 5.73 Å². The smallest absolute Gasteiger partial charge is 0.0930 e. The molecule has 0 radical (unpaired) electrons. The summed E-state index contributed by atoms with van der Waals surface area (Å²) in [6.07, 6.45) is 0. The average Bonchev–Trinajstić information content (AvgIpc) is 2.40. The van der Waals surface area contributed by atoms with Gasteiger partial charge in [0.05, 0.1) is 17.4 Å². The number of likely N-dealkylation sites (N-methyl/N-ethyl adjacent to an activating group) is 2. The highest BCUT2D eigenvalue weighted by atomic mass is 15.2.